The number of hydrogen-bond donors (Lipinski definition) is 3. The van der Waals surface area contributed by atoms with Crippen molar-refractivity contribution in [3.8, 4) is 17.3 Å². The Morgan fingerprint density at radius 2 is 2.17 bits per heavy atom. The lowest BCUT2D eigenvalue weighted by Gasteiger charge is -2.06. The zero-order chi connectivity index (χ0) is 16.8. The van der Waals surface area contributed by atoms with Gasteiger partial charge in [0.1, 0.15) is 6.07 Å². The molecule has 0 bridgehead atoms. The molecule has 0 atom stereocenters. The average molecular weight is 319 g/mol. The Balaban J connectivity index is 1.94. The van der Waals surface area contributed by atoms with Crippen molar-refractivity contribution in [1.29, 1.82) is 5.26 Å². The van der Waals surface area contributed by atoms with E-state index in [-0.39, 0.29) is 5.56 Å². The first-order chi connectivity index (χ1) is 11.6. The van der Waals surface area contributed by atoms with Crippen LogP contribution in [0, 0.1) is 11.3 Å². The van der Waals surface area contributed by atoms with Crippen molar-refractivity contribution in [1.82, 2.24) is 15.2 Å². The summed E-state index contributed by atoms with van der Waals surface area (Å²) in [5, 5.41) is 26.4. The number of fused-ring (bicyclic) bond motifs is 1. The summed E-state index contributed by atoms with van der Waals surface area (Å²) < 4.78 is 0. The van der Waals surface area contributed by atoms with Gasteiger partial charge in [0.2, 0.25) is 0 Å². The fraction of sp³-hybridized carbons (Fsp3) is 0.176. The highest BCUT2D eigenvalue weighted by atomic mass is 16.4. The van der Waals surface area contributed by atoms with E-state index in [9.17, 15) is 9.90 Å². The highest BCUT2D eigenvalue weighted by Gasteiger charge is 2.30. The van der Waals surface area contributed by atoms with Crippen LogP contribution in [0.1, 0.15) is 40.4 Å². The van der Waals surface area contributed by atoms with Crippen LogP contribution in [0.5, 0.6) is 0 Å². The molecule has 0 aliphatic heterocycles. The van der Waals surface area contributed by atoms with Gasteiger partial charge in [0.25, 0.3) is 0 Å². The number of anilines is 1. The number of aromatic nitrogens is 3. The Kier molecular flexibility index (Phi) is 3.00. The second kappa shape index (κ2) is 5.06. The second-order valence-electron chi connectivity index (χ2n) is 5.88. The van der Waals surface area contributed by atoms with E-state index in [1.54, 1.807) is 18.2 Å². The summed E-state index contributed by atoms with van der Waals surface area (Å²) in [6, 6.07) is 8.48. The first-order valence-corrected chi connectivity index (χ1v) is 7.50. The lowest BCUT2D eigenvalue weighted by atomic mass is 10.0. The summed E-state index contributed by atoms with van der Waals surface area (Å²) in [6.07, 6.45) is 2.04. The molecule has 3 aromatic rings. The molecule has 0 amide bonds. The van der Waals surface area contributed by atoms with Gasteiger partial charge in [-0.05, 0) is 31.0 Å². The minimum Gasteiger partial charge on any atom is -0.478 e. The first-order valence-electron chi connectivity index (χ1n) is 7.50. The fourth-order valence-electron chi connectivity index (χ4n) is 2.84. The molecule has 7 nitrogen and oxygen atoms in total. The molecule has 7 heteroatoms. The highest BCUT2D eigenvalue weighted by molar-refractivity contribution is 6.04. The minimum absolute atomic E-state index is 0.168. The van der Waals surface area contributed by atoms with Gasteiger partial charge < -0.3 is 10.8 Å². The smallest absolute Gasteiger partial charge is 0.336 e. The summed E-state index contributed by atoms with van der Waals surface area (Å²) in [4.78, 5) is 16.2. The quantitative estimate of drug-likeness (QED) is 0.636. The van der Waals surface area contributed by atoms with Gasteiger partial charge in [0.15, 0.2) is 5.65 Å². The standard InChI is InChI=1S/C17H13N5O2/c18-7-10-5-9(3-4-12(10)19)13-6-11(17(23)24)14-15(8-1-2-8)21-22-16(14)20-13/h3-6,8H,1-2,19H2,(H,23,24)(H,20,21,22). The predicted octanol–water partition coefficient (Wildman–Crippen LogP) is 2.65. The number of carboxylic acid groups (broad SMARTS) is 1. The van der Waals surface area contributed by atoms with Crippen molar-refractivity contribution in [3.05, 3.63) is 41.1 Å². The van der Waals surface area contributed by atoms with E-state index in [1.807, 2.05) is 6.07 Å². The van der Waals surface area contributed by atoms with Crippen LogP contribution in [-0.2, 0) is 0 Å². The van der Waals surface area contributed by atoms with E-state index < -0.39 is 5.97 Å². The summed E-state index contributed by atoms with van der Waals surface area (Å²) in [5.41, 5.74) is 8.92. The monoisotopic (exact) mass is 319 g/mol. The third-order valence-electron chi connectivity index (χ3n) is 4.22. The number of benzene rings is 1. The molecule has 1 saturated carbocycles. The number of aromatic amines is 1. The molecule has 2 aromatic heterocycles. The van der Waals surface area contributed by atoms with Crippen LogP contribution in [0.25, 0.3) is 22.3 Å². The molecule has 24 heavy (non-hydrogen) atoms. The van der Waals surface area contributed by atoms with E-state index in [1.165, 1.54) is 6.07 Å². The van der Waals surface area contributed by atoms with Crippen molar-refractivity contribution in [2.45, 2.75) is 18.8 Å². The third kappa shape index (κ3) is 2.16. The van der Waals surface area contributed by atoms with Gasteiger partial charge in [0.05, 0.1) is 27.9 Å². The molecule has 1 fully saturated rings. The van der Waals surface area contributed by atoms with E-state index in [4.69, 9.17) is 11.0 Å². The van der Waals surface area contributed by atoms with Gasteiger partial charge >= 0.3 is 5.97 Å². The van der Waals surface area contributed by atoms with Crippen molar-refractivity contribution < 1.29 is 9.90 Å². The minimum atomic E-state index is -1.03. The van der Waals surface area contributed by atoms with Gasteiger partial charge in [-0.2, -0.15) is 10.4 Å². The number of nitriles is 1. The molecule has 1 aliphatic rings. The Hall–Kier alpha value is -3.40. The number of carbonyl (C=O) groups is 1. The van der Waals surface area contributed by atoms with E-state index in [2.05, 4.69) is 15.2 Å². The normalized spacial score (nSPS) is 13.8. The van der Waals surface area contributed by atoms with Gasteiger partial charge in [-0.25, -0.2) is 9.78 Å². The molecule has 0 unspecified atom stereocenters. The predicted molar refractivity (Wildman–Crippen MR) is 87.4 cm³/mol. The molecule has 0 spiro atoms. The van der Waals surface area contributed by atoms with Crippen LogP contribution in [-0.4, -0.2) is 26.3 Å². The van der Waals surface area contributed by atoms with Crippen molar-refractivity contribution in [3.63, 3.8) is 0 Å². The Labute approximate surface area is 136 Å². The van der Waals surface area contributed by atoms with Crippen LogP contribution in [0.3, 0.4) is 0 Å². The summed E-state index contributed by atoms with van der Waals surface area (Å²) in [6.45, 7) is 0. The Bertz CT molecular complexity index is 1030. The number of rotatable bonds is 3. The number of H-pyrrole nitrogens is 1. The third-order valence-corrected chi connectivity index (χ3v) is 4.22. The topological polar surface area (TPSA) is 129 Å². The van der Waals surface area contributed by atoms with E-state index in [0.717, 1.165) is 18.5 Å². The maximum Gasteiger partial charge on any atom is 0.336 e. The largest absolute Gasteiger partial charge is 0.478 e. The Morgan fingerprint density at radius 1 is 1.38 bits per heavy atom. The van der Waals surface area contributed by atoms with Crippen LogP contribution in [0.2, 0.25) is 0 Å². The number of nitrogens with zero attached hydrogens (tertiary/aromatic N) is 3. The molecular weight excluding hydrogens is 306 g/mol. The Morgan fingerprint density at radius 3 is 2.83 bits per heavy atom. The lowest BCUT2D eigenvalue weighted by molar-refractivity contribution is 0.0699. The molecule has 0 saturated heterocycles. The maximum absolute atomic E-state index is 11.7. The van der Waals surface area contributed by atoms with Crippen LogP contribution in [0.4, 0.5) is 5.69 Å². The van der Waals surface area contributed by atoms with Gasteiger partial charge in [-0.3, -0.25) is 5.10 Å². The second-order valence-corrected chi connectivity index (χ2v) is 5.88. The van der Waals surface area contributed by atoms with E-state index >= 15 is 0 Å². The van der Waals surface area contributed by atoms with Crippen molar-refractivity contribution >= 4 is 22.7 Å². The number of hydrogen-bond acceptors (Lipinski definition) is 5. The van der Waals surface area contributed by atoms with Crippen LogP contribution >= 0.6 is 0 Å². The van der Waals surface area contributed by atoms with Crippen molar-refractivity contribution in [2.24, 2.45) is 0 Å². The molecule has 118 valence electrons. The number of aromatic carboxylic acids is 1. The first kappa shape index (κ1) is 14.2. The molecule has 2 heterocycles. The maximum atomic E-state index is 11.7. The summed E-state index contributed by atoms with van der Waals surface area (Å²) >= 11 is 0. The van der Waals surface area contributed by atoms with Crippen LogP contribution in [0.15, 0.2) is 24.3 Å². The fourth-order valence-corrected chi connectivity index (χ4v) is 2.84. The summed E-state index contributed by atoms with van der Waals surface area (Å²) in [7, 11) is 0. The molecular formula is C17H13N5O2. The number of nitrogens with two attached hydrogens (primary N) is 1. The SMILES string of the molecule is N#Cc1cc(-c2cc(C(=O)O)c3c(C4CC4)n[nH]c3n2)ccc1N. The number of carboxylic acids is 1. The number of nitrogens with one attached hydrogen (secondary N) is 1. The molecule has 1 aliphatic carbocycles. The van der Waals surface area contributed by atoms with E-state index in [0.29, 0.717) is 39.5 Å². The van der Waals surface area contributed by atoms with Gasteiger partial charge in [0, 0.05) is 17.2 Å². The van der Waals surface area contributed by atoms with Crippen molar-refractivity contribution in [2.75, 3.05) is 5.73 Å². The number of pyridine rings is 1. The number of nitrogen functional groups attached to an aromatic ring is 1. The molecule has 4 N–H and O–H groups in total. The summed E-state index contributed by atoms with van der Waals surface area (Å²) in [5.74, 6) is -0.714. The van der Waals surface area contributed by atoms with Gasteiger partial charge in [-0.1, -0.05) is 6.07 Å². The average Bonchev–Trinajstić information content (AvgIpc) is 3.33. The van der Waals surface area contributed by atoms with Crippen LogP contribution < -0.4 is 5.73 Å². The molecule has 0 radical (unpaired) electrons. The molecule has 1 aromatic carbocycles. The highest BCUT2D eigenvalue weighted by Crippen LogP contribution is 2.43. The zero-order valence-corrected chi connectivity index (χ0v) is 12.6. The lowest BCUT2D eigenvalue weighted by Crippen LogP contribution is -2.01. The molecule has 4 rings (SSSR count). The van der Waals surface area contributed by atoms with Gasteiger partial charge in [-0.15, -0.1) is 0 Å². The zero-order valence-electron chi connectivity index (χ0n) is 12.6.